The van der Waals surface area contributed by atoms with Crippen molar-refractivity contribution >= 4 is 26.8 Å². The zero-order chi connectivity index (χ0) is 15.1. The smallest absolute Gasteiger partial charge is 0.261 e. The first kappa shape index (κ1) is 14.7. The van der Waals surface area contributed by atoms with Crippen LogP contribution >= 0.6 is 15.9 Å². The maximum Gasteiger partial charge on any atom is 0.261 e. The fraction of sp³-hybridized carbons (Fsp3) is 0.500. The van der Waals surface area contributed by atoms with E-state index >= 15 is 0 Å². The molecule has 1 saturated carbocycles. The summed E-state index contributed by atoms with van der Waals surface area (Å²) in [6.07, 6.45) is 4.81. The maximum atomic E-state index is 12.8. The largest absolute Gasteiger partial charge is 0.391 e. The first-order valence-electron chi connectivity index (χ1n) is 7.35. The second kappa shape index (κ2) is 5.54. The number of aliphatic hydroxyl groups excluding tert-OH is 1. The van der Waals surface area contributed by atoms with Crippen LogP contribution in [0.25, 0.3) is 10.9 Å². The number of aromatic nitrogens is 2. The van der Waals surface area contributed by atoms with Gasteiger partial charge in [-0.1, -0.05) is 28.8 Å². The van der Waals surface area contributed by atoms with Crippen LogP contribution in [0.4, 0.5) is 0 Å². The Morgan fingerprint density at radius 2 is 2.00 bits per heavy atom. The fourth-order valence-electron chi connectivity index (χ4n) is 3.16. The third-order valence-electron chi connectivity index (χ3n) is 4.63. The maximum absolute atomic E-state index is 12.8. The van der Waals surface area contributed by atoms with Gasteiger partial charge in [-0.2, -0.15) is 0 Å². The summed E-state index contributed by atoms with van der Waals surface area (Å²) >= 11 is 3.51. The molecule has 1 aliphatic rings. The highest BCUT2D eigenvalue weighted by atomic mass is 79.9. The number of benzene rings is 1. The van der Waals surface area contributed by atoms with Gasteiger partial charge in [0.2, 0.25) is 0 Å². The summed E-state index contributed by atoms with van der Waals surface area (Å²) in [7, 11) is 0. The molecule has 0 aliphatic heterocycles. The Kier molecular flexibility index (Phi) is 3.88. The van der Waals surface area contributed by atoms with Crippen molar-refractivity contribution < 1.29 is 5.11 Å². The van der Waals surface area contributed by atoms with Crippen LogP contribution < -0.4 is 5.56 Å². The molecule has 3 rings (SSSR count). The quantitative estimate of drug-likeness (QED) is 0.858. The highest BCUT2D eigenvalue weighted by molar-refractivity contribution is 9.10. The normalized spacial score (nSPS) is 22.7. The highest BCUT2D eigenvalue weighted by Gasteiger charge is 2.26. The Labute approximate surface area is 131 Å². The molecule has 0 spiro atoms. The van der Waals surface area contributed by atoms with Crippen LogP contribution in [0.3, 0.4) is 0 Å². The summed E-state index contributed by atoms with van der Waals surface area (Å²) in [5.74, 6) is 0. The predicted octanol–water partition coefficient (Wildman–Crippen LogP) is 3.25. The summed E-state index contributed by atoms with van der Waals surface area (Å²) in [5.41, 5.74) is 2.81. The van der Waals surface area contributed by atoms with Gasteiger partial charge in [-0.3, -0.25) is 9.36 Å². The average molecular weight is 351 g/mol. The molecule has 1 heterocycles. The molecule has 1 aromatic heterocycles. The Morgan fingerprint density at radius 1 is 1.29 bits per heavy atom. The van der Waals surface area contributed by atoms with Crippen LogP contribution in [0.15, 0.2) is 21.7 Å². The third-order valence-corrected chi connectivity index (χ3v) is 5.45. The standard InChI is InChI=1S/C16H19BrN2O2/c1-9-10(2)15-11(7-12(9)17)16(21)19(8-18-15)13-5-3-4-6-14(13)20/h7-8,13-14,20H,3-6H2,1-2H3. The molecule has 21 heavy (non-hydrogen) atoms. The van der Waals surface area contributed by atoms with Crippen molar-refractivity contribution in [3.8, 4) is 0 Å². The van der Waals surface area contributed by atoms with E-state index in [1.165, 1.54) is 0 Å². The summed E-state index contributed by atoms with van der Waals surface area (Å²) in [5, 5.41) is 10.8. The summed E-state index contributed by atoms with van der Waals surface area (Å²) < 4.78 is 2.54. The number of nitrogens with zero attached hydrogens (tertiary/aromatic N) is 2. The van der Waals surface area contributed by atoms with Crippen LogP contribution in [0.1, 0.15) is 42.9 Å². The molecule has 2 atom stereocenters. The first-order chi connectivity index (χ1) is 10.0. The van der Waals surface area contributed by atoms with E-state index in [1.54, 1.807) is 10.9 Å². The van der Waals surface area contributed by atoms with E-state index < -0.39 is 6.10 Å². The van der Waals surface area contributed by atoms with E-state index in [0.29, 0.717) is 5.39 Å². The van der Waals surface area contributed by atoms with Gasteiger partial charge in [0.15, 0.2) is 0 Å². The summed E-state index contributed by atoms with van der Waals surface area (Å²) in [6.45, 7) is 3.99. The van der Waals surface area contributed by atoms with Crippen LogP contribution in [0, 0.1) is 13.8 Å². The van der Waals surface area contributed by atoms with E-state index in [1.807, 2.05) is 19.9 Å². The van der Waals surface area contributed by atoms with Crippen molar-refractivity contribution in [1.82, 2.24) is 9.55 Å². The molecule has 2 unspecified atom stereocenters. The molecular weight excluding hydrogens is 332 g/mol. The zero-order valence-corrected chi connectivity index (χ0v) is 13.9. The van der Waals surface area contributed by atoms with E-state index in [0.717, 1.165) is 46.8 Å². The number of rotatable bonds is 1. The molecule has 2 aromatic rings. The van der Waals surface area contributed by atoms with E-state index in [9.17, 15) is 9.90 Å². The molecule has 1 aromatic carbocycles. The highest BCUT2D eigenvalue weighted by Crippen LogP contribution is 2.29. The second-order valence-electron chi connectivity index (χ2n) is 5.88. The minimum atomic E-state index is -0.453. The lowest BCUT2D eigenvalue weighted by Gasteiger charge is -2.29. The van der Waals surface area contributed by atoms with Crippen LogP contribution in [-0.4, -0.2) is 20.8 Å². The lowest BCUT2D eigenvalue weighted by atomic mass is 9.92. The van der Waals surface area contributed by atoms with E-state index in [-0.39, 0.29) is 11.6 Å². The summed E-state index contributed by atoms with van der Waals surface area (Å²) in [6, 6.07) is 1.70. The van der Waals surface area contributed by atoms with Crippen LogP contribution in [-0.2, 0) is 0 Å². The van der Waals surface area contributed by atoms with E-state index in [2.05, 4.69) is 20.9 Å². The van der Waals surface area contributed by atoms with Crippen molar-refractivity contribution in [1.29, 1.82) is 0 Å². The van der Waals surface area contributed by atoms with Crippen molar-refractivity contribution in [2.24, 2.45) is 0 Å². The number of aliphatic hydroxyl groups is 1. The SMILES string of the molecule is Cc1c(Br)cc2c(=O)n(C3CCCCC3O)cnc2c1C. The van der Waals surface area contributed by atoms with Gasteiger partial charge < -0.3 is 5.11 Å². The lowest BCUT2D eigenvalue weighted by Crippen LogP contribution is -2.34. The topological polar surface area (TPSA) is 55.1 Å². The predicted molar refractivity (Wildman–Crippen MR) is 86.7 cm³/mol. The average Bonchev–Trinajstić information content (AvgIpc) is 2.47. The molecule has 5 heteroatoms. The Morgan fingerprint density at radius 3 is 2.71 bits per heavy atom. The molecule has 0 bridgehead atoms. The van der Waals surface area contributed by atoms with Gasteiger partial charge in [0.1, 0.15) is 0 Å². The van der Waals surface area contributed by atoms with Gasteiger partial charge in [-0.25, -0.2) is 4.98 Å². The minimum absolute atomic E-state index is 0.0604. The fourth-order valence-corrected chi connectivity index (χ4v) is 3.68. The molecule has 0 amide bonds. The van der Waals surface area contributed by atoms with Crippen molar-refractivity contribution in [2.75, 3.05) is 0 Å². The Hall–Kier alpha value is -1.20. The van der Waals surface area contributed by atoms with Gasteiger partial charge in [0, 0.05) is 4.47 Å². The zero-order valence-electron chi connectivity index (χ0n) is 12.3. The molecule has 1 N–H and O–H groups in total. The minimum Gasteiger partial charge on any atom is -0.391 e. The number of halogens is 1. The molecule has 1 fully saturated rings. The number of hydrogen-bond acceptors (Lipinski definition) is 3. The van der Waals surface area contributed by atoms with Gasteiger partial charge in [0.25, 0.3) is 5.56 Å². The molecular formula is C16H19BrN2O2. The molecule has 4 nitrogen and oxygen atoms in total. The van der Waals surface area contributed by atoms with Crippen LogP contribution in [0.5, 0.6) is 0 Å². The number of aryl methyl sites for hydroxylation is 1. The monoisotopic (exact) mass is 350 g/mol. The van der Waals surface area contributed by atoms with Crippen molar-refractivity contribution in [3.05, 3.63) is 38.3 Å². The second-order valence-corrected chi connectivity index (χ2v) is 6.74. The van der Waals surface area contributed by atoms with E-state index in [4.69, 9.17) is 0 Å². The lowest BCUT2D eigenvalue weighted by molar-refractivity contribution is 0.0735. The van der Waals surface area contributed by atoms with Gasteiger partial charge in [-0.05, 0) is 43.9 Å². The summed E-state index contributed by atoms with van der Waals surface area (Å²) in [4.78, 5) is 17.3. The van der Waals surface area contributed by atoms with Crippen molar-refractivity contribution in [3.63, 3.8) is 0 Å². The molecule has 112 valence electrons. The third kappa shape index (κ3) is 2.42. The molecule has 1 aliphatic carbocycles. The Balaban J connectivity index is 2.21. The molecule has 0 saturated heterocycles. The van der Waals surface area contributed by atoms with Crippen LogP contribution in [0.2, 0.25) is 0 Å². The molecule has 0 radical (unpaired) electrons. The van der Waals surface area contributed by atoms with Gasteiger partial charge >= 0.3 is 0 Å². The Bertz CT molecular complexity index is 754. The van der Waals surface area contributed by atoms with Gasteiger partial charge in [0.05, 0.1) is 29.4 Å². The number of fused-ring (bicyclic) bond motifs is 1. The van der Waals surface area contributed by atoms with Gasteiger partial charge in [-0.15, -0.1) is 0 Å². The first-order valence-corrected chi connectivity index (χ1v) is 8.14. The number of hydrogen-bond donors (Lipinski definition) is 1. The van der Waals surface area contributed by atoms with Crippen molar-refractivity contribution in [2.45, 2.75) is 51.7 Å².